The van der Waals surface area contributed by atoms with E-state index in [4.69, 9.17) is 4.74 Å². The van der Waals surface area contributed by atoms with Crippen LogP contribution in [-0.2, 0) is 16.6 Å². The van der Waals surface area contributed by atoms with Gasteiger partial charge < -0.3 is 9.30 Å². The number of nitrogens with one attached hydrogen (secondary N) is 1. The van der Waals surface area contributed by atoms with Gasteiger partial charge in [0.15, 0.2) is 6.61 Å². The van der Waals surface area contributed by atoms with Crippen molar-refractivity contribution in [2.45, 2.75) is 0 Å². The molecule has 0 aliphatic heterocycles. The summed E-state index contributed by atoms with van der Waals surface area (Å²) in [5, 5.41) is 12.7. The molecular weight excluding hydrogens is 318 g/mol. The van der Waals surface area contributed by atoms with Crippen molar-refractivity contribution in [2.24, 2.45) is 7.05 Å². The van der Waals surface area contributed by atoms with Crippen molar-refractivity contribution in [3.8, 4) is 0 Å². The largest absolute Gasteiger partial charge is 0.452 e. The first-order valence-electron chi connectivity index (χ1n) is 6.75. The lowest BCUT2D eigenvalue weighted by Crippen LogP contribution is -2.35. The standard InChI is InChI=1S/C15H13N3O6/c1-17-7-3-6-12(17)14(20)16-13(19)9-24-15(21)10-4-2-5-11(8-10)18(22)23/h2-8H,9H2,1H3,(H,16,19,20). The third-order valence-corrected chi connectivity index (χ3v) is 3.06. The summed E-state index contributed by atoms with van der Waals surface area (Å²) in [4.78, 5) is 45.2. The van der Waals surface area contributed by atoms with E-state index in [0.29, 0.717) is 0 Å². The van der Waals surface area contributed by atoms with Gasteiger partial charge in [0.25, 0.3) is 17.5 Å². The van der Waals surface area contributed by atoms with Crippen LogP contribution in [0.1, 0.15) is 20.8 Å². The molecule has 0 unspecified atom stereocenters. The third-order valence-electron chi connectivity index (χ3n) is 3.06. The summed E-state index contributed by atoms with van der Waals surface area (Å²) < 4.78 is 6.27. The smallest absolute Gasteiger partial charge is 0.338 e. The number of benzene rings is 1. The molecule has 2 rings (SSSR count). The number of imide groups is 1. The van der Waals surface area contributed by atoms with E-state index in [-0.39, 0.29) is 16.9 Å². The zero-order valence-corrected chi connectivity index (χ0v) is 12.6. The average molecular weight is 331 g/mol. The van der Waals surface area contributed by atoms with E-state index in [1.807, 2.05) is 0 Å². The van der Waals surface area contributed by atoms with Gasteiger partial charge in [-0.15, -0.1) is 0 Å². The molecule has 0 fully saturated rings. The van der Waals surface area contributed by atoms with Crippen molar-refractivity contribution in [1.82, 2.24) is 9.88 Å². The predicted molar refractivity (Wildman–Crippen MR) is 81.3 cm³/mol. The van der Waals surface area contributed by atoms with Crippen molar-refractivity contribution < 1.29 is 24.0 Å². The number of esters is 1. The van der Waals surface area contributed by atoms with Crippen LogP contribution in [0.15, 0.2) is 42.6 Å². The van der Waals surface area contributed by atoms with E-state index in [2.05, 4.69) is 5.32 Å². The van der Waals surface area contributed by atoms with Crippen LogP contribution in [0.25, 0.3) is 0 Å². The number of rotatable bonds is 5. The first-order chi connectivity index (χ1) is 11.4. The molecule has 9 nitrogen and oxygen atoms in total. The van der Waals surface area contributed by atoms with Crippen molar-refractivity contribution in [1.29, 1.82) is 0 Å². The van der Waals surface area contributed by atoms with Crippen LogP contribution in [0.2, 0.25) is 0 Å². The van der Waals surface area contributed by atoms with Gasteiger partial charge in [0.1, 0.15) is 5.69 Å². The monoisotopic (exact) mass is 331 g/mol. The zero-order chi connectivity index (χ0) is 17.7. The lowest BCUT2D eigenvalue weighted by molar-refractivity contribution is -0.384. The summed E-state index contributed by atoms with van der Waals surface area (Å²) in [5.41, 5.74) is -0.0630. The van der Waals surface area contributed by atoms with Crippen LogP contribution in [0.4, 0.5) is 5.69 Å². The Hall–Kier alpha value is -3.49. The SMILES string of the molecule is Cn1cccc1C(=O)NC(=O)COC(=O)c1cccc([N+](=O)[O-])c1. The molecule has 1 N–H and O–H groups in total. The fourth-order valence-corrected chi connectivity index (χ4v) is 1.88. The molecule has 24 heavy (non-hydrogen) atoms. The van der Waals surface area contributed by atoms with Gasteiger partial charge in [0.05, 0.1) is 10.5 Å². The van der Waals surface area contributed by atoms with Crippen LogP contribution in [0, 0.1) is 10.1 Å². The van der Waals surface area contributed by atoms with E-state index in [1.54, 1.807) is 19.3 Å². The number of nitro benzene ring substituents is 1. The van der Waals surface area contributed by atoms with Crippen LogP contribution < -0.4 is 5.32 Å². The molecule has 1 heterocycles. The molecule has 1 aromatic carbocycles. The molecule has 0 aliphatic rings. The summed E-state index contributed by atoms with van der Waals surface area (Å²) in [6.45, 7) is -0.683. The van der Waals surface area contributed by atoms with E-state index >= 15 is 0 Å². The maximum atomic E-state index is 11.8. The second kappa shape index (κ2) is 7.18. The molecule has 0 atom stereocenters. The number of nitrogens with zero attached hydrogens (tertiary/aromatic N) is 2. The van der Waals surface area contributed by atoms with Gasteiger partial charge in [-0.3, -0.25) is 25.0 Å². The number of carbonyl (C=O) groups is 3. The quantitative estimate of drug-likeness (QED) is 0.496. The van der Waals surface area contributed by atoms with Crippen molar-refractivity contribution in [2.75, 3.05) is 6.61 Å². The Labute approximate surface area is 136 Å². The summed E-state index contributed by atoms with van der Waals surface area (Å²) >= 11 is 0. The maximum Gasteiger partial charge on any atom is 0.338 e. The van der Waals surface area contributed by atoms with Gasteiger partial charge in [-0.2, -0.15) is 0 Å². The van der Waals surface area contributed by atoms with Gasteiger partial charge >= 0.3 is 5.97 Å². The van der Waals surface area contributed by atoms with Crippen molar-refractivity contribution in [3.05, 3.63) is 64.0 Å². The topological polar surface area (TPSA) is 121 Å². The van der Waals surface area contributed by atoms with E-state index in [9.17, 15) is 24.5 Å². The Kier molecular flexibility index (Phi) is 5.05. The second-order valence-electron chi connectivity index (χ2n) is 4.77. The normalized spacial score (nSPS) is 10.0. The molecule has 0 saturated carbocycles. The Balaban J connectivity index is 1.91. The molecule has 9 heteroatoms. The lowest BCUT2D eigenvalue weighted by atomic mass is 10.2. The lowest BCUT2D eigenvalue weighted by Gasteiger charge is -2.06. The highest BCUT2D eigenvalue weighted by Gasteiger charge is 2.16. The highest BCUT2D eigenvalue weighted by atomic mass is 16.6. The molecule has 1 aromatic heterocycles. The minimum Gasteiger partial charge on any atom is -0.452 e. The molecule has 0 radical (unpaired) electrons. The van der Waals surface area contributed by atoms with Gasteiger partial charge in [0, 0.05) is 25.4 Å². The minimum atomic E-state index is -0.903. The van der Waals surface area contributed by atoms with E-state index in [0.717, 1.165) is 6.07 Å². The summed E-state index contributed by atoms with van der Waals surface area (Å²) in [7, 11) is 1.64. The molecule has 2 amide bonds. The minimum absolute atomic E-state index is 0.0641. The molecule has 0 spiro atoms. The zero-order valence-electron chi connectivity index (χ0n) is 12.6. The fourth-order valence-electron chi connectivity index (χ4n) is 1.88. The van der Waals surface area contributed by atoms with Crippen LogP contribution in [0.5, 0.6) is 0 Å². The molecule has 0 saturated heterocycles. The molecule has 2 aromatic rings. The maximum absolute atomic E-state index is 11.8. The molecule has 124 valence electrons. The summed E-state index contributed by atoms with van der Waals surface area (Å²) in [5.74, 6) is -2.33. The van der Waals surface area contributed by atoms with E-state index < -0.39 is 29.3 Å². The van der Waals surface area contributed by atoms with Crippen LogP contribution in [0.3, 0.4) is 0 Å². The number of nitro groups is 1. The van der Waals surface area contributed by atoms with Gasteiger partial charge in [-0.05, 0) is 18.2 Å². The van der Waals surface area contributed by atoms with Crippen molar-refractivity contribution >= 4 is 23.5 Å². The van der Waals surface area contributed by atoms with Crippen molar-refractivity contribution in [3.63, 3.8) is 0 Å². The Morgan fingerprint density at radius 1 is 1.25 bits per heavy atom. The number of hydrogen-bond acceptors (Lipinski definition) is 6. The number of hydrogen-bond donors (Lipinski definition) is 1. The number of aromatic nitrogens is 1. The van der Waals surface area contributed by atoms with Gasteiger partial charge in [-0.1, -0.05) is 6.07 Å². The first kappa shape index (κ1) is 16.9. The van der Waals surface area contributed by atoms with Gasteiger partial charge in [-0.25, -0.2) is 4.79 Å². The van der Waals surface area contributed by atoms with E-state index in [1.165, 1.54) is 28.8 Å². The number of amides is 2. The van der Waals surface area contributed by atoms with Crippen LogP contribution in [-0.4, -0.2) is 33.9 Å². The number of carbonyl (C=O) groups excluding carboxylic acids is 3. The second-order valence-corrected chi connectivity index (χ2v) is 4.77. The Morgan fingerprint density at radius 3 is 2.62 bits per heavy atom. The van der Waals surface area contributed by atoms with Gasteiger partial charge in [0.2, 0.25) is 0 Å². The van der Waals surface area contributed by atoms with Crippen LogP contribution >= 0.6 is 0 Å². The Bertz CT molecular complexity index is 811. The molecular formula is C15H13N3O6. The molecule has 0 bridgehead atoms. The number of aryl methyl sites for hydroxylation is 1. The first-order valence-corrected chi connectivity index (χ1v) is 6.75. The molecule has 0 aliphatic carbocycles. The highest BCUT2D eigenvalue weighted by molar-refractivity contribution is 6.04. The third kappa shape index (κ3) is 4.03. The number of non-ortho nitro benzene ring substituents is 1. The Morgan fingerprint density at radius 2 is 2.00 bits per heavy atom. The number of ether oxygens (including phenoxy) is 1. The average Bonchev–Trinajstić information content (AvgIpc) is 2.98. The summed E-state index contributed by atoms with van der Waals surface area (Å²) in [6, 6.07) is 8.08. The predicted octanol–water partition coefficient (Wildman–Crippen LogP) is 1.05. The fraction of sp³-hybridized carbons (Fsp3) is 0.133. The highest BCUT2D eigenvalue weighted by Crippen LogP contribution is 2.13. The summed E-state index contributed by atoms with van der Waals surface area (Å²) in [6.07, 6.45) is 1.64.